The summed E-state index contributed by atoms with van der Waals surface area (Å²) in [6.07, 6.45) is 4.15. The van der Waals surface area contributed by atoms with Crippen molar-refractivity contribution < 1.29 is 21.6 Å². The maximum absolute atomic E-state index is 12.5. The van der Waals surface area contributed by atoms with Crippen LogP contribution in [0.3, 0.4) is 0 Å². The van der Waals surface area contributed by atoms with Crippen LogP contribution in [0.2, 0.25) is 0 Å². The van der Waals surface area contributed by atoms with E-state index in [1.165, 1.54) is 16.9 Å². The third-order valence-electron chi connectivity index (χ3n) is 3.51. The van der Waals surface area contributed by atoms with Crippen molar-refractivity contribution in [2.45, 2.75) is 17.5 Å². The minimum atomic E-state index is -3.75. The average molecular weight is 358 g/mol. The first-order valence-corrected chi connectivity index (χ1v) is 10.4. The summed E-state index contributed by atoms with van der Waals surface area (Å²) in [5.74, 6) is -0.843. The summed E-state index contributed by atoms with van der Waals surface area (Å²) in [5.41, 5.74) is -0.0660. The number of hydrogen-bond donors (Lipinski definition) is 1. The fourth-order valence-electron chi connectivity index (χ4n) is 2.49. The minimum absolute atomic E-state index is 0.00386. The average Bonchev–Trinajstić information content (AvgIpc) is 2.98. The van der Waals surface area contributed by atoms with Crippen molar-refractivity contribution >= 4 is 31.2 Å². The number of fused-ring (bicyclic) bond motifs is 1. The van der Waals surface area contributed by atoms with Crippen molar-refractivity contribution in [3.05, 3.63) is 24.0 Å². The van der Waals surface area contributed by atoms with E-state index in [0.717, 1.165) is 6.26 Å². The van der Waals surface area contributed by atoms with Gasteiger partial charge < -0.3 is 5.32 Å². The molecular formula is C12H14N4O5S2. The number of carbonyl (C=O) groups excluding carboxylic acids is 1. The maximum atomic E-state index is 12.5. The third-order valence-corrected chi connectivity index (χ3v) is 6.27. The van der Waals surface area contributed by atoms with Crippen LogP contribution in [-0.4, -0.2) is 61.1 Å². The molecule has 1 aliphatic rings. The number of hydrogen-bond acceptors (Lipinski definition) is 7. The quantitative estimate of drug-likeness (QED) is 0.749. The van der Waals surface area contributed by atoms with Crippen LogP contribution in [0.15, 0.2) is 23.5 Å². The number of nitrogens with zero attached hydrogens (tertiary/aromatic N) is 3. The van der Waals surface area contributed by atoms with Crippen LogP contribution in [0.5, 0.6) is 0 Å². The lowest BCUT2D eigenvalue weighted by Crippen LogP contribution is -2.36. The zero-order chi connectivity index (χ0) is 16.8. The highest BCUT2D eigenvalue weighted by Crippen LogP contribution is 2.20. The Morgan fingerprint density at radius 3 is 2.78 bits per heavy atom. The van der Waals surface area contributed by atoms with Crippen molar-refractivity contribution in [2.24, 2.45) is 0 Å². The van der Waals surface area contributed by atoms with E-state index in [4.69, 9.17) is 0 Å². The van der Waals surface area contributed by atoms with E-state index in [-0.39, 0.29) is 27.7 Å². The molecular weight excluding hydrogens is 344 g/mol. The molecule has 1 amide bonds. The molecule has 9 nitrogen and oxygen atoms in total. The van der Waals surface area contributed by atoms with E-state index < -0.39 is 31.6 Å². The molecule has 23 heavy (non-hydrogen) atoms. The van der Waals surface area contributed by atoms with E-state index in [0.29, 0.717) is 6.42 Å². The number of nitrogens with one attached hydrogen (secondary N) is 1. The number of rotatable bonds is 3. The van der Waals surface area contributed by atoms with Crippen LogP contribution in [0.1, 0.15) is 16.8 Å². The Bertz CT molecular complexity index is 994. The highest BCUT2D eigenvalue weighted by molar-refractivity contribution is 7.91. The maximum Gasteiger partial charge on any atom is 0.258 e. The van der Waals surface area contributed by atoms with Crippen LogP contribution in [0.4, 0.5) is 0 Å². The van der Waals surface area contributed by atoms with Crippen molar-refractivity contribution in [1.29, 1.82) is 0 Å². The summed E-state index contributed by atoms with van der Waals surface area (Å²) >= 11 is 0. The smallest absolute Gasteiger partial charge is 0.258 e. The normalized spacial score (nSPS) is 20.7. The van der Waals surface area contributed by atoms with Gasteiger partial charge in [-0.3, -0.25) is 4.79 Å². The van der Waals surface area contributed by atoms with Crippen molar-refractivity contribution in [3.8, 4) is 0 Å². The van der Waals surface area contributed by atoms with Gasteiger partial charge >= 0.3 is 0 Å². The minimum Gasteiger partial charge on any atom is -0.348 e. The third kappa shape index (κ3) is 3.06. The van der Waals surface area contributed by atoms with Gasteiger partial charge in [-0.05, 0) is 12.5 Å². The van der Waals surface area contributed by atoms with E-state index in [1.807, 2.05) is 0 Å². The topological polar surface area (TPSA) is 128 Å². The second-order valence-corrected chi connectivity index (χ2v) is 9.57. The SMILES string of the molecule is CS(=O)(=O)c1nn2cccnc2c1C(=O)NC1CCS(=O)(=O)C1. The first kappa shape index (κ1) is 15.9. The Kier molecular flexibility index (Phi) is 3.64. The molecule has 0 aromatic carbocycles. The Labute approximate surface area is 132 Å². The molecule has 1 saturated heterocycles. The second-order valence-electron chi connectivity index (χ2n) is 5.41. The van der Waals surface area contributed by atoms with Gasteiger partial charge in [0.25, 0.3) is 5.91 Å². The molecule has 0 saturated carbocycles. The fraction of sp³-hybridized carbons (Fsp3) is 0.417. The number of sulfone groups is 2. The van der Waals surface area contributed by atoms with E-state index >= 15 is 0 Å². The molecule has 0 aliphatic carbocycles. The molecule has 3 rings (SSSR count). The van der Waals surface area contributed by atoms with Gasteiger partial charge in [0.2, 0.25) is 0 Å². The lowest BCUT2D eigenvalue weighted by Gasteiger charge is -2.10. The van der Waals surface area contributed by atoms with Crippen LogP contribution in [0, 0.1) is 0 Å². The number of carbonyl (C=O) groups is 1. The summed E-state index contributed by atoms with van der Waals surface area (Å²) in [6, 6.07) is 1.01. The zero-order valence-electron chi connectivity index (χ0n) is 12.1. The Morgan fingerprint density at radius 1 is 1.43 bits per heavy atom. The van der Waals surface area contributed by atoms with Gasteiger partial charge in [-0.25, -0.2) is 26.3 Å². The predicted molar refractivity (Wildman–Crippen MR) is 80.6 cm³/mol. The van der Waals surface area contributed by atoms with Gasteiger partial charge in [-0.1, -0.05) is 0 Å². The number of aromatic nitrogens is 3. The first-order valence-electron chi connectivity index (χ1n) is 6.72. The van der Waals surface area contributed by atoms with E-state index in [2.05, 4.69) is 15.4 Å². The number of amides is 1. The molecule has 2 aromatic rings. The molecule has 1 aliphatic heterocycles. The summed E-state index contributed by atoms with van der Waals surface area (Å²) in [4.78, 5) is 16.5. The molecule has 3 heterocycles. The van der Waals surface area contributed by atoms with Gasteiger partial charge in [0.05, 0.1) is 11.5 Å². The molecule has 1 N–H and O–H groups in total. The Hall–Kier alpha value is -2.01. The lowest BCUT2D eigenvalue weighted by molar-refractivity contribution is 0.0939. The molecule has 1 fully saturated rings. The monoisotopic (exact) mass is 358 g/mol. The Balaban J connectivity index is 2.03. The summed E-state index contributed by atoms with van der Waals surface area (Å²) in [7, 11) is -6.91. The summed E-state index contributed by atoms with van der Waals surface area (Å²) in [6.45, 7) is 0. The highest BCUT2D eigenvalue weighted by atomic mass is 32.2. The molecule has 0 radical (unpaired) electrons. The van der Waals surface area contributed by atoms with Gasteiger partial charge in [-0.2, -0.15) is 5.10 Å². The van der Waals surface area contributed by atoms with Gasteiger partial charge in [0, 0.05) is 24.7 Å². The molecule has 1 unspecified atom stereocenters. The molecule has 11 heteroatoms. The molecule has 124 valence electrons. The highest BCUT2D eigenvalue weighted by Gasteiger charge is 2.32. The zero-order valence-corrected chi connectivity index (χ0v) is 13.8. The summed E-state index contributed by atoms with van der Waals surface area (Å²) < 4.78 is 47.9. The van der Waals surface area contributed by atoms with Crippen molar-refractivity contribution in [2.75, 3.05) is 17.8 Å². The lowest BCUT2D eigenvalue weighted by atomic mass is 10.2. The molecule has 0 spiro atoms. The fourth-order valence-corrected chi connectivity index (χ4v) is 4.96. The summed E-state index contributed by atoms with van der Waals surface area (Å²) in [5, 5.41) is 6.08. The molecule has 0 bridgehead atoms. The molecule has 1 atom stereocenters. The largest absolute Gasteiger partial charge is 0.348 e. The van der Waals surface area contributed by atoms with Crippen molar-refractivity contribution in [1.82, 2.24) is 19.9 Å². The standard InChI is InChI=1S/C12H14N4O5S2/c1-22(18,19)12-9(10-13-4-2-5-16(10)15-12)11(17)14-8-3-6-23(20,21)7-8/h2,4-5,8H,3,6-7H2,1H3,(H,14,17). The van der Waals surface area contributed by atoms with E-state index in [9.17, 15) is 21.6 Å². The van der Waals surface area contributed by atoms with Gasteiger partial charge in [0.1, 0.15) is 5.56 Å². The predicted octanol–water partition coefficient (Wildman–Crippen LogP) is -0.950. The first-order chi connectivity index (χ1) is 10.7. The Morgan fingerprint density at radius 2 is 2.17 bits per heavy atom. The van der Waals surface area contributed by atoms with Crippen molar-refractivity contribution in [3.63, 3.8) is 0 Å². The van der Waals surface area contributed by atoms with Crippen LogP contribution in [-0.2, 0) is 19.7 Å². The van der Waals surface area contributed by atoms with Gasteiger partial charge in [-0.15, -0.1) is 0 Å². The van der Waals surface area contributed by atoms with Crippen LogP contribution in [0.25, 0.3) is 5.65 Å². The van der Waals surface area contributed by atoms with Gasteiger partial charge in [0.15, 0.2) is 30.3 Å². The molecule has 2 aromatic heterocycles. The van der Waals surface area contributed by atoms with E-state index in [1.54, 1.807) is 6.07 Å². The van der Waals surface area contributed by atoms with Crippen LogP contribution < -0.4 is 5.32 Å². The second kappa shape index (κ2) is 5.27. The van der Waals surface area contributed by atoms with Crippen LogP contribution >= 0.6 is 0 Å².